The van der Waals surface area contributed by atoms with Crippen LogP contribution in [-0.2, 0) is 9.59 Å². The first-order valence-corrected chi connectivity index (χ1v) is 11.3. The zero-order valence-corrected chi connectivity index (χ0v) is 18.8. The number of hydrogen-bond donors (Lipinski definition) is 1. The van der Waals surface area contributed by atoms with Crippen LogP contribution in [0.25, 0.3) is 16.0 Å². The maximum atomic E-state index is 13.7. The van der Waals surface area contributed by atoms with Gasteiger partial charge in [0.2, 0.25) is 0 Å². The summed E-state index contributed by atoms with van der Waals surface area (Å²) in [7, 11) is 0. The second-order valence-electron chi connectivity index (χ2n) is 7.52. The Kier molecular flexibility index (Phi) is 5.54. The van der Waals surface area contributed by atoms with Gasteiger partial charge in [0.1, 0.15) is 17.3 Å². The number of rotatable bonds is 5. The molecule has 0 spiro atoms. The summed E-state index contributed by atoms with van der Waals surface area (Å²) >= 11 is 1.09. The molecule has 2 aromatic heterocycles. The molecule has 0 bridgehead atoms. The maximum Gasteiger partial charge on any atom is 0.301 e. The second-order valence-corrected chi connectivity index (χ2v) is 8.53. The van der Waals surface area contributed by atoms with E-state index in [1.807, 2.05) is 6.92 Å². The van der Waals surface area contributed by atoms with Gasteiger partial charge in [-0.3, -0.25) is 19.5 Å². The van der Waals surface area contributed by atoms with Gasteiger partial charge in [0, 0.05) is 18.0 Å². The minimum Gasteiger partial charge on any atom is -0.507 e. The summed E-state index contributed by atoms with van der Waals surface area (Å²) < 4.78 is 19.7. The molecule has 1 aliphatic rings. The van der Waals surface area contributed by atoms with Crippen LogP contribution in [-0.4, -0.2) is 33.4 Å². The van der Waals surface area contributed by atoms with Crippen LogP contribution in [0.3, 0.4) is 0 Å². The van der Waals surface area contributed by atoms with Crippen molar-refractivity contribution in [1.82, 2.24) is 9.97 Å². The highest BCUT2D eigenvalue weighted by molar-refractivity contribution is 7.22. The molecule has 1 atom stereocenters. The lowest BCUT2D eigenvalue weighted by Crippen LogP contribution is -2.29. The number of benzene rings is 2. The molecule has 1 aliphatic heterocycles. The number of carbonyl (C=O) groups excluding carboxylic acids is 2. The molecule has 170 valence electrons. The Morgan fingerprint density at radius 3 is 2.68 bits per heavy atom. The van der Waals surface area contributed by atoms with Gasteiger partial charge in [0.05, 0.1) is 28.4 Å². The van der Waals surface area contributed by atoms with E-state index in [9.17, 15) is 19.1 Å². The number of anilines is 1. The van der Waals surface area contributed by atoms with Gasteiger partial charge in [-0.1, -0.05) is 17.4 Å². The average molecular weight is 476 g/mol. The van der Waals surface area contributed by atoms with Crippen molar-refractivity contribution in [2.75, 3.05) is 11.5 Å². The molecule has 1 unspecified atom stereocenters. The van der Waals surface area contributed by atoms with E-state index in [0.29, 0.717) is 33.7 Å². The number of thiazole rings is 1. The van der Waals surface area contributed by atoms with Gasteiger partial charge in [-0.05, 0) is 61.0 Å². The number of ketones is 1. The van der Waals surface area contributed by atoms with Gasteiger partial charge in [-0.25, -0.2) is 9.37 Å². The summed E-state index contributed by atoms with van der Waals surface area (Å²) in [5.74, 6) is -1.80. The first-order chi connectivity index (χ1) is 16.5. The predicted octanol–water partition coefficient (Wildman–Crippen LogP) is 4.86. The third kappa shape index (κ3) is 3.69. The predicted molar refractivity (Wildman–Crippen MR) is 126 cm³/mol. The molecule has 2 aromatic carbocycles. The number of nitrogens with zero attached hydrogens (tertiary/aromatic N) is 3. The van der Waals surface area contributed by atoms with E-state index in [-0.39, 0.29) is 16.5 Å². The summed E-state index contributed by atoms with van der Waals surface area (Å²) in [6.07, 6.45) is 3.10. The largest absolute Gasteiger partial charge is 0.507 e. The van der Waals surface area contributed by atoms with E-state index < -0.39 is 23.5 Å². The van der Waals surface area contributed by atoms with Crippen molar-refractivity contribution in [1.29, 1.82) is 0 Å². The first kappa shape index (κ1) is 21.7. The number of aliphatic hydroxyl groups excluding tert-OH is 1. The van der Waals surface area contributed by atoms with Crippen LogP contribution < -0.4 is 9.64 Å². The van der Waals surface area contributed by atoms with Crippen LogP contribution in [0.4, 0.5) is 9.52 Å². The normalized spacial score (nSPS) is 17.5. The number of hydrogen-bond acceptors (Lipinski definition) is 7. The Hall–Kier alpha value is -4.11. The maximum absolute atomic E-state index is 13.7. The van der Waals surface area contributed by atoms with Crippen LogP contribution >= 0.6 is 11.3 Å². The fourth-order valence-electron chi connectivity index (χ4n) is 3.90. The molecule has 5 rings (SSSR count). The summed E-state index contributed by atoms with van der Waals surface area (Å²) in [6, 6.07) is 13.2. The molecule has 34 heavy (non-hydrogen) atoms. The topological polar surface area (TPSA) is 92.6 Å². The lowest BCUT2D eigenvalue weighted by atomic mass is 9.96. The Labute approximate surface area is 197 Å². The third-order valence-corrected chi connectivity index (χ3v) is 6.45. The van der Waals surface area contributed by atoms with Gasteiger partial charge < -0.3 is 9.84 Å². The quantitative estimate of drug-likeness (QED) is 0.252. The SMILES string of the molecule is CCOc1ccc(/C(O)=C2\C(=O)C(=O)N(c3nc4ccc(F)cc4s3)C2c2cccnc2)cc1. The summed E-state index contributed by atoms with van der Waals surface area (Å²) in [5.41, 5.74) is 1.31. The number of ether oxygens (including phenoxy) is 1. The van der Waals surface area contributed by atoms with E-state index in [2.05, 4.69) is 9.97 Å². The first-order valence-electron chi connectivity index (χ1n) is 10.5. The minimum absolute atomic E-state index is 0.0763. The molecule has 1 N–H and O–H groups in total. The number of amides is 1. The van der Waals surface area contributed by atoms with Crippen molar-refractivity contribution in [3.63, 3.8) is 0 Å². The van der Waals surface area contributed by atoms with Crippen molar-refractivity contribution >= 4 is 44.1 Å². The van der Waals surface area contributed by atoms with Crippen molar-refractivity contribution < 1.29 is 23.8 Å². The van der Waals surface area contributed by atoms with E-state index in [1.165, 1.54) is 29.3 Å². The van der Waals surface area contributed by atoms with Crippen molar-refractivity contribution in [3.05, 3.63) is 89.5 Å². The lowest BCUT2D eigenvalue weighted by molar-refractivity contribution is -0.132. The molecular formula is C25H18FN3O4S. The number of carbonyl (C=O) groups is 2. The molecule has 1 saturated heterocycles. The number of aromatic nitrogens is 2. The van der Waals surface area contributed by atoms with Crippen LogP contribution in [0, 0.1) is 5.82 Å². The minimum atomic E-state index is -0.953. The number of aliphatic hydroxyl groups is 1. The van der Waals surface area contributed by atoms with Crippen LogP contribution in [0.2, 0.25) is 0 Å². The van der Waals surface area contributed by atoms with E-state index in [1.54, 1.807) is 42.6 Å². The monoisotopic (exact) mass is 475 g/mol. The Balaban J connectivity index is 1.67. The number of halogens is 1. The van der Waals surface area contributed by atoms with E-state index in [0.717, 1.165) is 11.3 Å². The summed E-state index contributed by atoms with van der Waals surface area (Å²) in [6.45, 7) is 2.35. The van der Waals surface area contributed by atoms with Gasteiger partial charge in [-0.2, -0.15) is 0 Å². The van der Waals surface area contributed by atoms with Crippen LogP contribution in [0.5, 0.6) is 5.75 Å². The van der Waals surface area contributed by atoms with E-state index >= 15 is 0 Å². The summed E-state index contributed by atoms with van der Waals surface area (Å²) in [5, 5.41) is 11.4. The zero-order valence-electron chi connectivity index (χ0n) is 17.9. The zero-order chi connectivity index (χ0) is 23.8. The van der Waals surface area contributed by atoms with Gasteiger partial charge in [-0.15, -0.1) is 0 Å². The standard InChI is InChI=1S/C25H18FN3O4S/c1-2-33-17-8-5-14(6-9-17)22(30)20-21(15-4-3-11-27-13-15)29(24(32)23(20)31)25-28-18-10-7-16(26)12-19(18)34-25/h3-13,21,30H,2H2,1H3/b22-20+. The molecule has 0 saturated carbocycles. The molecule has 4 aromatic rings. The fraction of sp³-hybridized carbons (Fsp3) is 0.120. The molecule has 0 radical (unpaired) electrons. The molecule has 0 aliphatic carbocycles. The van der Waals surface area contributed by atoms with E-state index in [4.69, 9.17) is 4.74 Å². The number of pyridine rings is 1. The lowest BCUT2D eigenvalue weighted by Gasteiger charge is -2.22. The Bertz CT molecular complexity index is 1430. The molecule has 9 heteroatoms. The van der Waals surface area contributed by atoms with Gasteiger partial charge in [0.15, 0.2) is 5.13 Å². The third-order valence-electron chi connectivity index (χ3n) is 5.43. The highest BCUT2D eigenvalue weighted by Crippen LogP contribution is 2.44. The molecule has 3 heterocycles. The van der Waals surface area contributed by atoms with Crippen molar-refractivity contribution in [2.45, 2.75) is 13.0 Å². The van der Waals surface area contributed by atoms with Gasteiger partial charge in [0.25, 0.3) is 5.78 Å². The number of Topliss-reactive ketones (excluding diaryl/α,β-unsaturated/α-hetero) is 1. The molecule has 1 amide bonds. The van der Waals surface area contributed by atoms with Gasteiger partial charge >= 0.3 is 5.91 Å². The Morgan fingerprint density at radius 1 is 1.18 bits per heavy atom. The average Bonchev–Trinajstić information content (AvgIpc) is 3.37. The molecular weight excluding hydrogens is 457 g/mol. The van der Waals surface area contributed by atoms with Crippen LogP contribution in [0.15, 0.2) is 72.6 Å². The molecule has 7 nitrogen and oxygen atoms in total. The Morgan fingerprint density at radius 2 is 1.97 bits per heavy atom. The smallest absolute Gasteiger partial charge is 0.301 e. The van der Waals surface area contributed by atoms with Crippen molar-refractivity contribution in [3.8, 4) is 5.75 Å². The second kappa shape index (κ2) is 8.68. The van der Waals surface area contributed by atoms with Crippen molar-refractivity contribution in [2.24, 2.45) is 0 Å². The highest BCUT2D eigenvalue weighted by Gasteiger charge is 2.48. The summed E-state index contributed by atoms with van der Waals surface area (Å²) in [4.78, 5) is 36.2. The molecule has 1 fully saturated rings. The number of fused-ring (bicyclic) bond motifs is 1. The fourth-order valence-corrected chi connectivity index (χ4v) is 4.92. The van der Waals surface area contributed by atoms with Crippen LogP contribution in [0.1, 0.15) is 24.1 Å². The highest BCUT2D eigenvalue weighted by atomic mass is 32.1.